The van der Waals surface area contributed by atoms with Gasteiger partial charge in [0.2, 0.25) is 0 Å². The van der Waals surface area contributed by atoms with Gasteiger partial charge in [-0.15, -0.1) is 12.4 Å². The Morgan fingerprint density at radius 2 is 1.70 bits per heavy atom. The van der Waals surface area contributed by atoms with E-state index in [-0.39, 0.29) is 12.4 Å². The maximum absolute atomic E-state index is 12.7. The molecule has 124 valence electrons. The average molecular weight is 343 g/mol. The molecule has 2 aromatic rings. The molecule has 2 nitrogen and oxygen atoms in total. The lowest BCUT2D eigenvalue weighted by Gasteiger charge is -2.36. The van der Waals surface area contributed by atoms with E-state index >= 15 is 0 Å². The van der Waals surface area contributed by atoms with Gasteiger partial charge in [0.1, 0.15) is 0 Å². The summed E-state index contributed by atoms with van der Waals surface area (Å²) in [5.41, 5.74) is 8.17. The van der Waals surface area contributed by atoms with Gasteiger partial charge < -0.3 is 10.6 Å². The van der Waals surface area contributed by atoms with Gasteiger partial charge in [0.25, 0.3) is 0 Å². The number of anilines is 2. The SMILES string of the molecule is Cl.NCC1Cc2ccccc2N(c2ccc(C(F)(F)F)cc2)C1. The van der Waals surface area contributed by atoms with Crippen molar-refractivity contribution in [2.75, 3.05) is 18.0 Å². The molecular formula is C17H18ClF3N2. The number of para-hydroxylation sites is 1. The lowest BCUT2D eigenvalue weighted by atomic mass is 9.92. The summed E-state index contributed by atoms with van der Waals surface area (Å²) < 4.78 is 38.1. The summed E-state index contributed by atoms with van der Waals surface area (Å²) >= 11 is 0. The van der Waals surface area contributed by atoms with E-state index in [0.29, 0.717) is 12.5 Å². The van der Waals surface area contributed by atoms with Crippen LogP contribution >= 0.6 is 12.4 Å². The van der Waals surface area contributed by atoms with Crippen molar-refractivity contribution >= 4 is 23.8 Å². The molecule has 2 aromatic carbocycles. The minimum Gasteiger partial charge on any atom is -0.341 e. The molecule has 1 aliphatic rings. The van der Waals surface area contributed by atoms with Crippen LogP contribution in [-0.4, -0.2) is 13.1 Å². The summed E-state index contributed by atoms with van der Waals surface area (Å²) in [5.74, 6) is 0.303. The second-order valence-corrected chi connectivity index (χ2v) is 5.59. The fourth-order valence-corrected chi connectivity index (χ4v) is 2.91. The fourth-order valence-electron chi connectivity index (χ4n) is 2.91. The maximum Gasteiger partial charge on any atom is 0.416 e. The topological polar surface area (TPSA) is 29.3 Å². The first-order valence-corrected chi connectivity index (χ1v) is 7.22. The van der Waals surface area contributed by atoms with Crippen LogP contribution in [0.15, 0.2) is 48.5 Å². The quantitative estimate of drug-likeness (QED) is 0.876. The van der Waals surface area contributed by atoms with Crippen LogP contribution in [0.1, 0.15) is 11.1 Å². The van der Waals surface area contributed by atoms with Crippen molar-refractivity contribution in [1.29, 1.82) is 0 Å². The average Bonchev–Trinajstić information content (AvgIpc) is 2.53. The third-order valence-corrected chi connectivity index (χ3v) is 4.07. The second-order valence-electron chi connectivity index (χ2n) is 5.59. The number of rotatable bonds is 2. The highest BCUT2D eigenvalue weighted by Crippen LogP contribution is 2.36. The van der Waals surface area contributed by atoms with Crippen LogP contribution in [-0.2, 0) is 12.6 Å². The molecule has 0 bridgehead atoms. The van der Waals surface area contributed by atoms with Crippen LogP contribution in [0.25, 0.3) is 0 Å². The summed E-state index contributed by atoms with van der Waals surface area (Å²) in [5, 5.41) is 0. The summed E-state index contributed by atoms with van der Waals surface area (Å²) in [4.78, 5) is 2.05. The molecular weight excluding hydrogens is 325 g/mol. The minimum absolute atomic E-state index is 0. The molecule has 0 saturated carbocycles. The lowest BCUT2D eigenvalue weighted by Crippen LogP contribution is -2.35. The Morgan fingerprint density at radius 3 is 2.30 bits per heavy atom. The van der Waals surface area contributed by atoms with Gasteiger partial charge in [0.05, 0.1) is 5.56 Å². The first-order chi connectivity index (χ1) is 10.5. The maximum atomic E-state index is 12.7. The molecule has 0 saturated heterocycles. The van der Waals surface area contributed by atoms with E-state index in [1.165, 1.54) is 17.7 Å². The zero-order valence-corrected chi connectivity index (χ0v) is 13.2. The number of benzene rings is 2. The van der Waals surface area contributed by atoms with Crippen LogP contribution < -0.4 is 10.6 Å². The number of halogens is 4. The summed E-state index contributed by atoms with van der Waals surface area (Å²) in [7, 11) is 0. The van der Waals surface area contributed by atoms with E-state index in [1.54, 1.807) is 0 Å². The van der Waals surface area contributed by atoms with E-state index in [9.17, 15) is 13.2 Å². The second kappa shape index (κ2) is 6.81. The standard InChI is InChI=1S/C17H17F3N2.ClH/c18-17(19,20)14-5-7-15(8-6-14)22-11-12(10-21)9-13-3-1-2-4-16(13)22;/h1-8,12H,9-11,21H2;1H. The highest BCUT2D eigenvalue weighted by molar-refractivity contribution is 5.85. The van der Waals surface area contributed by atoms with E-state index in [2.05, 4.69) is 4.90 Å². The van der Waals surface area contributed by atoms with Gasteiger partial charge in [-0.3, -0.25) is 0 Å². The Labute approximate surface area is 139 Å². The summed E-state index contributed by atoms with van der Waals surface area (Å²) in [6, 6.07) is 13.3. The zero-order valence-electron chi connectivity index (χ0n) is 12.4. The predicted octanol–water partition coefficient (Wildman–Crippen LogP) is 4.40. The van der Waals surface area contributed by atoms with Crippen molar-refractivity contribution < 1.29 is 13.2 Å². The van der Waals surface area contributed by atoms with Crippen molar-refractivity contribution in [2.24, 2.45) is 11.7 Å². The zero-order chi connectivity index (χ0) is 15.7. The molecule has 2 N–H and O–H groups in total. The fraction of sp³-hybridized carbons (Fsp3) is 0.294. The summed E-state index contributed by atoms with van der Waals surface area (Å²) in [6.45, 7) is 1.28. The summed E-state index contributed by atoms with van der Waals surface area (Å²) in [6.07, 6.45) is -3.40. The van der Waals surface area contributed by atoms with Crippen molar-refractivity contribution in [2.45, 2.75) is 12.6 Å². The van der Waals surface area contributed by atoms with Crippen molar-refractivity contribution in [3.05, 3.63) is 59.7 Å². The van der Waals surface area contributed by atoms with Crippen LogP contribution in [0.5, 0.6) is 0 Å². The molecule has 0 fully saturated rings. The Morgan fingerprint density at radius 1 is 1.04 bits per heavy atom. The van der Waals surface area contributed by atoms with Crippen molar-refractivity contribution in [1.82, 2.24) is 0 Å². The van der Waals surface area contributed by atoms with Gasteiger partial charge in [-0.2, -0.15) is 13.2 Å². The van der Waals surface area contributed by atoms with Gasteiger partial charge >= 0.3 is 6.18 Å². The molecule has 0 amide bonds. The monoisotopic (exact) mass is 342 g/mol. The van der Waals surface area contributed by atoms with Gasteiger partial charge in [-0.05, 0) is 54.8 Å². The first-order valence-electron chi connectivity index (χ1n) is 7.22. The van der Waals surface area contributed by atoms with E-state index < -0.39 is 11.7 Å². The van der Waals surface area contributed by atoms with Gasteiger partial charge in [-0.1, -0.05) is 18.2 Å². The van der Waals surface area contributed by atoms with Gasteiger partial charge in [0.15, 0.2) is 0 Å². The molecule has 6 heteroatoms. The molecule has 0 aliphatic carbocycles. The molecule has 1 unspecified atom stereocenters. The molecule has 0 aromatic heterocycles. The minimum atomic E-state index is -4.31. The molecule has 23 heavy (non-hydrogen) atoms. The van der Waals surface area contributed by atoms with Crippen LogP contribution in [0.4, 0.5) is 24.5 Å². The number of hydrogen-bond acceptors (Lipinski definition) is 2. The Balaban J connectivity index is 0.00000192. The van der Waals surface area contributed by atoms with Crippen LogP contribution in [0, 0.1) is 5.92 Å². The van der Waals surface area contributed by atoms with Crippen molar-refractivity contribution in [3.8, 4) is 0 Å². The molecule has 3 rings (SSSR count). The number of fused-ring (bicyclic) bond motifs is 1. The molecule has 0 radical (unpaired) electrons. The lowest BCUT2D eigenvalue weighted by molar-refractivity contribution is -0.137. The van der Waals surface area contributed by atoms with Crippen molar-refractivity contribution in [3.63, 3.8) is 0 Å². The number of alkyl halides is 3. The third kappa shape index (κ3) is 3.62. The molecule has 1 aliphatic heterocycles. The number of hydrogen-bond donors (Lipinski definition) is 1. The Hall–Kier alpha value is -1.72. The first kappa shape index (κ1) is 17.6. The normalized spacial score (nSPS) is 17.4. The van der Waals surface area contributed by atoms with Crippen LogP contribution in [0.2, 0.25) is 0 Å². The molecule has 1 atom stereocenters. The molecule has 1 heterocycles. The predicted molar refractivity (Wildman–Crippen MR) is 88.4 cm³/mol. The van der Waals surface area contributed by atoms with Gasteiger partial charge in [-0.25, -0.2) is 0 Å². The third-order valence-electron chi connectivity index (χ3n) is 4.07. The smallest absolute Gasteiger partial charge is 0.341 e. The van der Waals surface area contributed by atoms with Crippen LogP contribution in [0.3, 0.4) is 0 Å². The Bertz CT molecular complexity index is 656. The van der Waals surface area contributed by atoms with E-state index in [4.69, 9.17) is 5.73 Å². The Kier molecular flexibility index (Phi) is 5.22. The largest absolute Gasteiger partial charge is 0.416 e. The van der Waals surface area contributed by atoms with E-state index in [1.807, 2.05) is 24.3 Å². The van der Waals surface area contributed by atoms with Gasteiger partial charge in [0, 0.05) is 17.9 Å². The highest BCUT2D eigenvalue weighted by Gasteiger charge is 2.31. The van der Waals surface area contributed by atoms with E-state index in [0.717, 1.165) is 36.5 Å². The molecule has 0 spiro atoms. The highest BCUT2D eigenvalue weighted by atomic mass is 35.5. The number of nitrogens with two attached hydrogens (primary N) is 1. The number of nitrogens with zero attached hydrogens (tertiary/aromatic N) is 1.